The molecule has 1 aromatic carbocycles. The fourth-order valence-electron chi connectivity index (χ4n) is 3.50. The smallest absolute Gasteiger partial charge is 0.149 e. The van der Waals surface area contributed by atoms with Crippen LogP contribution < -0.4 is 5.32 Å². The molecule has 1 N–H and O–H groups in total. The number of nitrogens with one attached hydrogen (secondary N) is 1. The molecule has 3 nitrogen and oxygen atoms in total. The lowest BCUT2D eigenvalue weighted by Crippen LogP contribution is -2.23. The lowest BCUT2D eigenvalue weighted by atomic mass is 9.79. The maximum Gasteiger partial charge on any atom is 0.149 e. The van der Waals surface area contributed by atoms with Gasteiger partial charge in [-0.25, -0.2) is 0 Å². The summed E-state index contributed by atoms with van der Waals surface area (Å²) >= 11 is 0. The Labute approximate surface area is 150 Å². The van der Waals surface area contributed by atoms with E-state index in [1.165, 1.54) is 11.1 Å². The van der Waals surface area contributed by atoms with Gasteiger partial charge < -0.3 is 5.32 Å². The van der Waals surface area contributed by atoms with Gasteiger partial charge in [0.2, 0.25) is 0 Å². The van der Waals surface area contributed by atoms with Crippen molar-refractivity contribution in [3.63, 3.8) is 0 Å². The van der Waals surface area contributed by atoms with Crippen molar-refractivity contribution in [1.82, 2.24) is 10.2 Å². The molecule has 1 heterocycles. The third-order valence-corrected chi connectivity index (χ3v) is 4.88. The Morgan fingerprint density at radius 1 is 1.16 bits per heavy atom. The van der Waals surface area contributed by atoms with Crippen molar-refractivity contribution in [3.8, 4) is 0 Å². The summed E-state index contributed by atoms with van der Waals surface area (Å²) in [6.07, 6.45) is 11.8. The molecule has 130 valence electrons. The Morgan fingerprint density at radius 3 is 2.60 bits per heavy atom. The van der Waals surface area contributed by atoms with E-state index in [-0.39, 0.29) is 11.5 Å². The molecule has 0 amide bonds. The number of anilines is 1. The molecule has 0 spiro atoms. The Morgan fingerprint density at radius 2 is 1.96 bits per heavy atom. The second kappa shape index (κ2) is 7.64. The number of aromatic nitrogens is 2. The van der Waals surface area contributed by atoms with Crippen LogP contribution in [0.15, 0.2) is 60.7 Å². The molecule has 1 aliphatic rings. The van der Waals surface area contributed by atoms with Crippen molar-refractivity contribution in [2.45, 2.75) is 51.5 Å². The van der Waals surface area contributed by atoms with Gasteiger partial charge in [0.15, 0.2) is 0 Å². The topological polar surface area (TPSA) is 37.8 Å². The first-order valence-corrected chi connectivity index (χ1v) is 9.13. The Kier molecular flexibility index (Phi) is 5.32. The molecule has 3 heteroatoms. The number of rotatable bonds is 6. The largest absolute Gasteiger partial charge is 0.362 e. The minimum absolute atomic E-state index is 0.0629. The maximum atomic E-state index is 4.58. The molecule has 25 heavy (non-hydrogen) atoms. The lowest BCUT2D eigenvalue weighted by Gasteiger charge is -2.27. The Bertz CT molecular complexity index is 764. The fourth-order valence-corrected chi connectivity index (χ4v) is 3.50. The highest BCUT2D eigenvalue weighted by atomic mass is 15.2. The van der Waals surface area contributed by atoms with Crippen LogP contribution in [0.3, 0.4) is 0 Å². The van der Waals surface area contributed by atoms with Crippen LogP contribution in [-0.4, -0.2) is 10.2 Å². The standard InChI is InChI=1S/C22H27N3/c1-4-11-19(18-12-7-5-8-13-18)23-20-16-17(2)21(25-24-20)22(3)14-9-6-10-15-22/h5-10,12-14,16,19H,4,11,15H2,1-3H3,(H,23,24). The Balaban J connectivity index is 1.82. The SMILES string of the molecule is CCCC(Nc1cc(C)c(C2(C)C=CC=CC2)nn1)c1ccccc1. The third-order valence-electron chi connectivity index (χ3n) is 4.88. The average molecular weight is 333 g/mol. The zero-order valence-corrected chi connectivity index (χ0v) is 15.4. The van der Waals surface area contributed by atoms with Crippen LogP contribution in [-0.2, 0) is 5.41 Å². The van der Waals surface area contributed by atoms with Crippen molar-refractivity contribution in [2.24, 2.45) is 0 Å². The number of benzene rings is 1. The van der Waals surface area contributed by atoms with Crippen molar-refractivity contribution in [2.75, 3.05) is 5.32 Å². The summed E-state index contributed by atoms with van der Waals surface area (Å²) in [4.78, 5) is 0. The molecule has 0 saturated heterocycles. The number of aryl methyl sites for hydroxylation is 1. The van der Waals surface area contributed by atoms with Gasteiger partial charge in [-0.15, -0.1) is 5.10 Å². The van der Waals surface area contributed by atoms with E-state index in [0.717, 1.165) is 30.8 Å². The summed E-state index contributed by atoms with van der Waals surface area (Å²) in [6, 6.07) is 13.0. The van der Waals surface area contributed by atoms with Gasteiger partial charge in [0, 0.05) is 5.41 Å². The van der Waals surface area contributed by atoms with Gasteiger partial charge in [-0.1, -0.05) is 74.9 Å². The third kappa shape index (κ3) is 3.98. The highest BCUT2D eigenvalue weighted by molar-refractivity contribution is 5.44. The predicted molar refractivity (Wildman–Crippen MR) is 105 cm³/mol. The molecule has 2 unspecified atom stereocenters. The van der Waals surface area contributed by atoms with Gasteiger partial charge in [0.25, 0.3) is 0 Å². The van der Waals surface area contributed by atoms with Crippen molar-refractivity contribution in [3.05, 3.63) is 77.5 Å². The van der Waals surface area contributed by atoms with Crippen LogP contribution in [0.2, 0.25) is 0 Å². The summed E-state index contributed by atoms with van der Waals surface area (Å²) in [5.74, 6) is 0.850. The highest BCUT2D eigenvalue weighted by Crippen LogP contribution is 2.33. The van der Waals surface area contributed by atoms with Crippen LogP contribution in [0.25, 0.3) is 0 Å². The summed E-state index contributed by atoms with van der Waals surface area (Å²) in [5.41, 5.74) is 3.47. The molecule has 0 radical (unpaired) electrons. The van der Waals surface area contributed by atoms with E-state index in [1.54, 1.807) is 0 Å². The molecule has 0 aliphatic heterocycles. The van der Waals surface area contributed by atoms with Crippen LogP contribution in [0.5, 0.6) is 0 Å². The van der Waals surface area contributed by atoms with Crippen molar-refractivity contribution >= 4 is 5.82 Å². The zero-order chi connectivity index (χ0) is 17.7. The van der Waals surface area contributed by atoms with Gasteiger partial charge in [-0.05, 0) is 37.0 Å². The van der Waals surface area contributed by atoms with Gasteiger partial charge in [0.05, 0.1) is 11.7 Å². The van der Waals surface area contributed by atoms with Gasteiger partial charge in [0.1, 0.15) is 5.82 Å². The summed E-state index contributed by atoms with van der Waals surface area (Å²) < 4.78 is 0. The molecule has 2 atom stereocenters. The second-order valence-electron chi connectivity index (χ2n) is 7.07. The molecule has 1 aliphatic carbocycles. The minimum Gasteiger partial charge on any atom is -0.362 e. The summed E-state index contributed by atoms with van der Waals surface area (Å²) in [7, 11) is 0. The van der Waals surface area contributed by atoms with Crippen molar-refractivity contribution in [1.29, 1.82) is 0 Å². The molecule has 1 aromatic heterocycles. The molecule has 3 rings (SSSR count). The van der Waals surface area contributed by atoms with E-state index in [2.05, 4.69) is 97.0 Å². The predicted octanol–water partition coefficient (Wildman–Crippen LogP) is 5.51. The highest BCUT2D eigenvalue weighted by Gasteiger charge is 2.27. The Hall–Kier alpha value is -2.42. The summed E-state index contributed by atoms with van der Waals surface area (Å²) in [6.45, 7) is 6.56. The van der Waals surface area contributed by atoms with E-state index in [9.17, 15) is 0 Å². The van der Waals surface area contributed by atoms with Crippen LogP contribution in [0.1, 0.15) is 56.0 Å². The van der Waals surface area contributed by atoms with Gasteiger partial charge >= 0.3 is 0 Å². The minimum atomic E-state index is -0.0629. The van der Waals surface area contributed by atoms with Crippen molar-refractivity contribution < 1.29 is 0 Å². The normalized spacial score (nSPS) is 20.4. The monoisotopic (exact) mass is 333 g/mol. The molecule has 2 aromatic rings. The molecular formula is C22H27N3. The first-order valence-electron chi connectivity index (χ1n) is 9.13. The van der Waals surface area contributed by atoms with Crippen LogP contribution >= 0.6 is 0 Å². The van der Waals surface area contributed by atoms with E-state index in [1.807, 2.05) is 0 Å². The zero-order valence-electron chi connectivity index (χ0n) is 15.4. The first-order chi connectivity index (χ1) is 12.1. The van der Waals surface area contributed by atoms with E-state index < -0.39 is 0 Å². The quantitative estimate of drug-likeness (QED) is 0.757. The lowest BCUT2D eigenvalue weighted by molar-refractivity contribution is 0.563. The van der Waals surface area contributed by atoms with E-state index in [0.29, 0.717) is 0 Å². The number of hydrogen-bond acceptors (Lipinski definition) is 3. The van der Waals surface area contributed by atoms with Gasteiger partial charge in [-0.2, -0.15) is 5.10 Å². The maximum absolute atomic E-state index is 4.58. The number of nitrogens with zero attached hydrogens (tertiary/aromatic N) is 2. The second-order valence-corrected chi connectivity index (χ2v) is 7.07. The van der Waals surface area contributed by atoms with E-state index >= 15 is 0 Å². The number of allylic oxidation sites excluding steroid dienone is 4. The van der Waals surface area contributed by atoms with Crippen LogP contribution in [0, 0.1) is 6.92 Å². The van der Waals surface area contributed by atoms with E-state index in [4.69, 9.17) is 0 Å². The molecule has 0 saturated carbocycles. The van der Waals surface area contributed by atoms with Gasteiger partial charge in [-0.3, -0.25) is 0 Å². The molecular weight excluding hydrogens is 306 g/mol. The number of hydrogen-bond donors (Lipinski definition) is 1. The average Bonchev–Trinajstić information content (AvgIpc) is 2.62. The summed E-state index contributed by atoms with van der Waals surface area (Å²) in [5, 5.41) is 12.6. The first kappa shape index (κ1) is 17.4. The molecule has 0 fully saturated rings. The molecule has 0 bridgehead atoms. The fraction of sp³-hybridized carbons (Fsp3) is 0.364. The van der Waals surface area contributed by atoms with Crippen LogP contribution in [0.4, 0.5) is 5.82 Å².